The van der Waals surface area contributed by atoms with E-state index in [1.165, 1.54) is 0 Å². The third-order valence-electron chi connectivity index (χ3n) is 5.88. The van der Waals surface area contributed by atoms with Gasteiger partial charge in [-0.3, -0.25) is 9.48 Å². The van der Waals surface area contributed by atoms with Crippen LogP contribution in [-0.2, 0) is 7.05 Å². The van der Waals surface area contributed by atoms with E-state index in [0.717, 1.165) is 11.1 Å². The molecule has 4 rings (SSSR count). The Morgan fingerprint density at radius 2 is 2.10 bits per heavy atom. The van der Waals surface area contributed by atoms with Gasteiger partial charge in [-0.25, -0.2) is 4.68 Å². The van der Waals surface area contributed by atoms with Crippen LogP contribution in [0.15, 0.2) is 12.3 Å². The molecule has 7 nitrogen and oxygen atoms in total. The molecule has 2 aromatic heterocycles. The van der Waals surface area contributed by atoms with Gasteiger partial charge < -0.3 is 10.2 Å². The highest BCUT2D eigenvalue weighted by atomic mass is 19.4. The van der Waals surface area contributed by atoms with E-state index in [0.29, 0.717) is 42.2 Å². The van der Waals surface area contributed by atoms with Crippen LogP contribution in [0, 0.1) is 6.92 Å². The summed E-state index contributed by atoms with van der Waals surface area (Å²) in [5.74, 6) is 0.216. The second-order valence-electron chi connectivity index (χ2n) is 7.90. The number of amides is 1. The van der Waals surface area contributed by atoms with E-state index in [4.69, 9.17) is 0 Å². The average molecular weight is 410 g/mol. The Kier molecular flexibility index (Phi) is 4.82. The molecule has 0 saturated carbocycles. The molecule has 1 fully saturated rings. The van der Waals surface area contributed by atoms with E-state index in [2.05, 4.69) is 15.5 Å². The molecule has 10 heteroatoms. The number of likely N-dealkylation sites (tertiary alicyclic amines) is 1. The fourth-order valence-electron chi connectivity index (χ4n) is 4.38. The molecule has 4 heterocycles. The van der Waals surface area contributed by atoms with Crippen LogP contribution in [-0.4, -0.2) is 49.1 Å². The Bertz CT molecular complexity index is 918. The Hall–Kier alpha value is -2.52. The topological polar surface area (TPSA) is 68.0 Å². The first-order valence-corrected chi connectivity index (χ1v) is 9.93. The normalized spacial score (nSPS) is 24.5. The zero-order chi connectivity index (χ0) is 20.9. The third-order valence-corrected chi connectivity index (χ3v) is 5.88. The summed E-state index contributed by atoms with van der Waals surface area (Å²) >= 11 is 0. The fraction of sp³-hybridized carbons (Fsp3) is 0.632. The van der Waals surface area contributed by atoms with Crippen LogP contribution in [0.3, 0.4) is 0 Å². The van der Waals surface area contributed by atoms with Gasteiger partial charge in [0.1, 0.15) is 5.82 Å². The first-order valence-electron chi connectivity index (χ1n) is 9.93. The highest BCUT2D eigenvalue weighted by Crippen LogP contribution is 2.42. The van der Waals surface area contributed by atoms with E-state index in [-0.39, 0.29) is 24.4 Å². The van der Waals surface area contributed by atoms with Crippen LogP contribution in [0.1, 0.15) is 66.4 Å². The molecule has 1 N–H and O–H groups in total. The molecular formula is C19H25F3N6O. The maximum Gasteiger partial charge on any atom is 0.410 e. The summed E-state index contributed by atoms with van der Waals surface area (Å²) in [6.07, 6.45) is -0.678. The number of carbonyl (C=O) groups excluding carboxylic acids is 1. The van der Waals surface area contributed by atoms with E-state index < -0.39 is 12.2 Å². The van der Waals surface area contributed by atoms with E-state index in [9.17, 15) is 18.0 Å². The number of halogens is 3. The zero-order valence-electron chi connectivity index (χ0n) is 16.7. The lowest BCUT2D eigenvalue weighted by atomic mass is 10.0. The number of aryl methyl sites for hydroxylation is 2. The summed E-state index contributed by atoms with van der Waals surface area (Å²) < 4.78 is 43.5. The maximum atomic E-state index is 13.6. The molecule has 0 aromatic carbocycles. The summed E-state index contributed by atoms with van der Waals surface area (Å²) in [6.45, 7) is 4.19. The van der Waals surface area contributed by atoms with Crippen LogP contribution in [0.5, 0.6) is 0 Å². The maximum absolute atomic E-state index is 13.6. The number of nitrogens with one attached hydrogen (secondary N) is 1. The molecule has 0 aliphatic carbocycles. The number of anilines is 1. The first-order chi connectivity index (χ1) is 13.7. The van der Waals surface area contributed by atoms with Crippen molar-refractivity contribution >= 4 is 11.7 Å². The quantitative estimate of drug-likeness (QED) is 0.840. The molecule has 3 atom stereocenters. The van der Waals surface area contributed by atoms with Gasteiger partial charge in [-0.15, -0.1) is 0 Å². The second-order valence-corrected chi connectivity index (χ2v) is 7.90. The van der Waals surface area contributed by atoms with Crippen molar-refractivity contribution in [1.82, 2.24) is 24.5 Å². The van der Waals surface area contributed by atoms with Gasteiger partial charge in [-0.05, 0) is 32.6 Å². The molecule has 0 unspecified atom stereocenters. The highest BCUT2D eigenvalue weighted by molar-refractivity contribution is 5.95. The van der Waals surface area contributed by atoms with Crippen molar-refractivity contribution < 1.29 is 18.0 Å². The van der Waals surface area contributed by atoms with Gasteiger partial charge in [0, 0.05) is 31.9 Å². The van der Waals surface area contributed by atoms with Crippen LogP contribution in [0.25, 0.3) is 0 Å². The number of aromatic nitrogens is 4. The largest absolute Gasteiger partial charge is 0.410 e. The number of hydrogen-bond donors (Lipinski definition) is 1. The zero-order valence-corrected chi connectivity index (χ0v) is 16.7. The molecule has 2 aromatic rings. The number of nitrogens with zero attached hydrogens (tertiary/aromatic N) is 5. The molecular weight excluding hydrogens is 385 g/mol. The minimum Gasteiger partial charge on any atom is -0.367 e. The lowest BCUT2D eigenvalue weighted by Crippen LogP contribution is -2.39. The van der Waals surface area contributed by atoms with Gasteiger partial charge in [0.25, 0.3) is 5.91 Å². The van der Waals surface area contributed by atoms with E-state index >= 15 is 0 Å². The molecule has 1 amide bonds. The summed E-state index contributed by atoms with van der Waals surface area (Å²) in [7, 11) is 1.75. The van der Waals surface area contributed by atoms with Crippen molar-refractivity contribution in [3.8, 4) is 0 Å². The van der Waals surface area contributed by atoms with Crippen LogP contribution < -0.4 is 5.32 Å². The summed E-state index contributed by atoms with van der Waals surface area (Å²) in [5, 5.41) is 11.7. The molecule has 29 heavy (non-hydrogen) atoms. The lowest BCUT2D eigenvalue weighted by molar-refractivity contribution is -0.173. The van der Waals surface area contributed by atoms with Gasteiger partial charge in [-0.1, -0.05) is 6.92 Å². The highest BCUT2D eigenvalue weighted by Gasteiger charge is 2.46. The van der Waals surface area contributed by atoms with Crippen molar-refractivity contribution in [1.29, 1.82) is 0 Å². The van der Waals surface area contributed by atoms with E-state index in [1.807, 2.05) is 6.92 Å². The van der Waals surface area contributed by atoms with E-state index in [1.54, 1.807) is 35.8 Å². The Balaban J connectivity index is 1.66. The molecule has 158 valence electrons. The Morgan fingerprint density at radius 3 is 2.72 bits per heavy atom. The Labute approximate surface area is 166 Å². The van der Waals surface area contributed by atoms with Crippen molar-refractivity contribution in [3.63, 3.8) is 0 Å². The number of carbonyl (C=O) groups is 1. The predicted molar refractivity (Wildman–Crippen MR) is 101 cm³/mol. The number of hydrogen-bond acceptors (Lipinski definition) is 4. The predicted octanol–water partition coefficient (Wildman–Crippen LogP) is 3.60. The summed E-state index contributed by atoms with van der Waals surface area (Å²) in [4.78, 5) is 14.8. The Morgan fingerprint density at radius 1 is 1.34 bits per heavy atom. The lowest BCUT2D eigenvalue weighted by Gasteiger charge is -2.32. The second kappa shape index (κ2) is 7.07. The van der Waals surface area contributed by atoms with Crippen molar-refractivity contribution in [3.05, 3.63) is 29.2 Å². The average Bonchev–Trinajstić information content (AvgIpc) is 3.36. The van der Waals surface area contributed by atoms with Gasteiger partial charge >= 0.3 is 6.18 Å². The summed E-state index contributed by atoms with van der Waals surface area (Å²) in [6, 6.07) is -0.565. The van der Waals surface area contributed by atoms with Crippen LogP contribution >= 0.6 is 0 Å². The van der Waals surface area contributed by atoms with Crippen LogP contribution in [0.4, 0.5) is 19.0 Å². The number of alkyl halides is 3. The van der Waals surface area contributed by atoms with Gasteiger partial charge in [0.05, 0.1) is 23.0 Å². The first kappa shape index (κ1) is 19.8. The SMILES string of the molecule is CC[C@@H]1C[C@H](C(F)(F)F)n2nc([C@@H]3CCCN3C(=O)c3cn(C)nc3C)cc2N1. The molecule has 2 aliphatic heterocycles. The van der Waals surface area contributed by atoms with Gasteiger partial charge in [0.15, 0.2) is 6.04 Å². The molecule has 0 bridgehead atoms. The number of rotatable bonds is 3. The molecule has 0 radical (unpaired) electrons. The van der Waals surface area contributed by atoms with Gasteiger partial charge in [0.2, 0.25) is 0 Å². The molecule has 1 saturated heterocycles. The van der Waals surface area contributed by atoms with Crippen molar-refractivity contribution in [2.24, 2.45) is 7.05 Å². The fourth-order valence-corrected chi connectivity index (χ4v) is 4.38. The van der Waals surface area contributed by atoms with Crippen molar-refractivity contribution in [2.75, 3.05) is 11.9 Å². The molecule has 0 spiro atoms. The number of fused-ring (bicyclic) bond motifs is 1. The summed E-state index contributed by atoms with van der Waals surface area (Å²) in [5.41, 5.74) is 1.66. The van der Waals surface area contributed by atoms with Gasteiger partial charge in [-0.2, -0.15) is 23.4 Å². The van der Waals surface area contributed by atoms with Crippen molar-refractivity contribution in [2.45, 2.75) is 63.8 Å². The standard InChI is InChI=1S/C19H25F3N6O/c1-4-12-8-16(19(20,21)22)28-17(23-12)9-14(25-28)15-6-5-7-27(15)18(29)13-10-26(3)24-11(13)2/h9-10,12,15-16,23H,4-8H2,1-3H3/t12-,15+,16-/m1/s1. The minimum absolute atomic E-state index is 0.0453. The smallest absolute Gasteiger partial charge is 0.367 e. The monoisotopic (exact) mass is 410 g/mol. The van der Waals surface area contributed by atoms with Crippen LogP contribution in [0.2, 0.25) is 0 Å². The third kappa shape index (κ3) is 3.49. The molecule has 2 aliphatic rings. The minimum atomic E-state index is -4.37.